The second-order valence-corrected chi connectivity index (χ2v) is 12.1. The lowest BCUT2D eigenvalue weighted by atomic mass is 9.70. The maximum absolute atomic E-state index is 6.58. The molecule has 0 bridgehead atoms. The van der Waals surface area contributed by atoms with Crippen molar-refractivity contribution in [2.45, 2.75) is 6.73 Å². The van der Waals surface area contributed by atoms with Gasteiger partial charge < -0.3 is 4.74 Å². The number of fused-ring (bicyclic) bond motifs is 4. The first-order chi connectivity index (χ1) is 22.8. The van der Waals surface area contributed by atoms with E-state index in [4.69, 9.17) is 9.72 Å². The molecule has 0 spiro atoms. The first kappa shape index (κ1) is 26.7. The molecule has 218 valence electrons. The first-order valence-corrected chi connectivity index (χ1v) is 15.9. The molecule has 0 fully saturated rings. The summed E-state index contributed by atoms with van der Waals surface area (Å²) in [5.41, 5.74) is 13.7. The monoisotopic (exact) mass is 590 g/mol. The zero-order chi connectivity index (χ0) is 30.5. The van der Waals surface area contributed by atoms with Crippen molar-refractivity contribution < 1.29 is 4.74 Å². The van der Waals surface area contributed by atoms with Crippen molar-refractivity contribution in [3.63, 3.8) is 0 Å². The number of hydrogen-bond acceptors (Lipinski definition) is 2. The summed E-state index contributed by atoms with van der Waals surface area (Å²) in [4.78, 5) is 5.48. The minimum absolute atomic E-state index is 0.145. The molecule has 1 aliphatic heterocycles. The molecule has 5 aromatic carbocycles. The third kappa shape index (κ3) is 4.30. The summed E-state index contributed by atoms with van der Waals surface area (Å²) in [5.74, 6) is 1.34. The molecule has 3 aliphatic rings. The van der Waals surface area contributed by atoms with Gasteiger partial charge in [0.2, 0.25) is 0 Å². The van der Waals surface area contributed by atoms with E-state index >= 15 is 0 Å². The number of aromatic nitrogens is 2. The molecule has 0 radical (unpaired) electrons. The summed E-state index contributed by atoms with van der Waals surface area (Å²) in [6.07, 6.45) is 11.4. The van der Waals surface area contributed by atoms with Crippen LogP contribution in [0.15, 0.2) is 151 Å². The highest BCUT2D eigenvalue weighted by molar-refractivity contribution is 6.08. The van der Waals surface area contributed by atoms with E-state index in [0.717, 1.165) is 50.2 Å². The lowest BCUT2D eigenvalue weighted by molar-refractivity contribution is 0.0522. The van der Waals surface area contributed by atoms with Crippen LogP contribution < -0.4 is 0 Å². The average molecular weight is 591 g/mol. The van der Waals surface area contributed by atoms with Crippen molar-refractivity contribution in [2.24, 2.45) is 11.8 Å². The highest BCUT2D eigenvalue weighted by atomic mass is 16.5. The van der Waals surface area contributed by atoms with Gasteiger partial charge in [0.15, 0.2) is 0 Å². The molecule has 0 saturated carbocycles. The Morgan fingerprint density at radius 2 is 1.43 bits per heavy atom. The molecule has 0 saturated heterocycles. The summed E-state index contributed by atoms with van der Waals surface area (Å²) >= 11 is 0. The van der Waals surface area contributed by atoms with Gasteiger partial charge in [-0.3, -0.25) is 4.57 Å². The molecule has 0 N–H and O–H groups in total. The predicted octanol–water partition coefficient (Wildman–Crippen LogP) is 9.83. The van der Waals surface area contributed by atoms with Gasteiger partial charge >= 0.3 is 0 Å². The zero-order valence-electron chi connectivity index (χ0n) is 25.2. The molecule has 3 heteroatoms. The number of hydrogen-bond donors (Lipinski definition) is 0. The minimum Gasteiger partial charge on any atom is -0.360 e. The van der Waals surface area contributed by atoms with Crippen LogP contribution in [0.5, 0.6) is 0 Å². The van der Waals surface area contributed by atoms with Crippen LogP contribution >= 0.6 is 0 Å². The van der Waals surface area contributed by atoms with Crippen molar-refractivity contribution in [3.8, 4) is 33.4 Å². The van der Waals surface area contributed by atoms with E-state index in [9.17, 15) is 0 Å². The summed E-state index contributed by atoms with van der Waals surface area (Å²) < 4.78 is 8.89. The van der Waals surface area contributed by atoms with Crippen molar-refractivity contribution in [1.29, 1.82) is 0 Å². The smallest absolute Gasteiger partial charge is 0.139 e. The molecule has 2 heterocycles. The first-order valence-electron chi connectivity index (χ1n) is 15.9. The highest BCUT2D eigenvalue weighted by Gasteiger charge is 2.37. The number of nitrogens with zero attached hydrogens (tertiary/aromatic N) is 2. The van der Waals surface area contributed by atoms with E-state index in [-0.39, 0.29) is 11.8 Å². The molecular formula is C43H30N2O. The normalized spacial score (nSPS) is 18.3. The minimum atomic E-state index is 0.145. The van der Waals surface area contributed by atoms with Crippen LogP contribution in [-0.4, -0.2) is 16.2 Å². The third-order valence-electron chi connectivity index (χ3n) is 9.44. The van der Waals surface area contributed by atoms with Gasteiger partial charge in [0, 0.05) is 39.7 Å². The Kier molecular flexibility index (Phi) is 6.40. The van der Waals surface area contributed by atoms with E-state index in [2.05, 4.69) is 150 Å². The van der Waals surface area contributed by atoms with Gasteiger partial charge in [-0.15, -0.1) is 0 Å². The number of ether oxygens (including phenoxy) is 1. The maximum atomic E-state index is 6.58. The Bertz CT molecular complexity index is 2210. The largest absolute Gasteiger partial charge is 0.360 e. The van der Waals surface area contributed by atoms with Crippen LogP contribution in [0.25, 0.3) is 55.6 Å². The van der Waals surface area contributed by atoms with Gasteiger partial charge in [0.25, 0.3) is 0 Å². The number of imidazole rings is 1. The van der Waals surface area contributed by atoms with Gasteiger partial charge in [-0.05, 0) is 46.0 Å². The fraction of sp³-hybridized carbons (Fsp3) is 0.0930. The second-order valence-electron chi connectivity index (χ2n) is 12.1. The summed E-state index contributed by atoms with van der Waals surface area (Å²) in [6.45, 7) is 1.06. The van der Waals surface area contributed by atoms with Gasteiger partial charge in [0.1, 0.15) is 12.6 Å². The third-order valence-corrected chi connectivity index (χ3v) is 9.44. The molecule has 9 rings (SSSR count). The molecule has 6 aromatic rings. The molecule has 2 aliphatic carbocycles. The Labute approximate surface area is 269 Å². The standard InChI is InChI=1S/C43H30N2O/c1-5-14-29(15-6-1)34-24-25-36-39-33(22-13-23-35(34)39)27-46-28-45-42-38(44-43(36)45)26-37(30-16-7-2-8-17-30)40(31-18-9-3-10-19-31)41(42)32-20-11-4-12-21-32/h1-7,9-16,18-26,33,39H,27-28H2. The molecule has 46 heavy (non-hydrogen) atoms. The van der Waals surface area contributed by atoms with Crippen LogP contribution in [-0.2, 0) is 11.5 Å². The van der Waals surface area contributed by atoms with Crippen molar-refractivity contribution >= 4 is 22.2 Å². The molecule has 1 aromatic heterocycles. The van der Waals surface area contributed by atoms with E-state index < -0.39 is 0 Å². The van der Waals surface area contributed by atoms with Gasteiger partial charge in [0.05, 0.1) is 17.6 Å². The quantitative estimate of drug-likeness (QED) is 0.204. The van der Waals surface area contributed by atoms with E-state index in [1.54, 1.807) is 0 Å². The number of allylic oxidation sites excluding steroid dienone is 7. The van der Waals surface area contributed by atoms with Gasteiger partial charge in [-0.1, -0.05) is 140 Å². The van der Waals surface area contributed by atoms with Crippen molar-refractivity contribution in [1.82, 2.24) is 9.55 Å². The van der Waals surface area contributed by atoms with E-state index in [1.165, 1.54) is 22.3 Å². The SMILES string of the molecule is c1cccc(-c2cc3nc4n(c3c(-c3ccccc3)c2-c2ccccc2)COCC2C=CC=C3C(c5ccccc5)=CC=C4C32)c#1. The lowest BCUT2D eigenvalue weighted by Gasteiger charge is -2.36. The molecule has 3 nitrogen and oxygen atoms in total. The van der Waals surface area contributed by atoms with Crippen LogP contribution in [0.2, 0.25) is 0 Å². The van der Waals surface area contributed by atoms with Crippen LogP contribution in [0.1, 0.15) is 11.4 Å². The molecule has 0 amide bonds. The average Bonchev–Trinajstić information content (AvgIpc) is 3.48. The highest BCUT2D eigenvalue weighted by Crippen LogP contribution is 2.50. The topological polar surface area (TPSA) is 27.1 Å². The fourth-order valence-corrected chi connectivity index (χ4v) is 7.46. The Morgan fingerprint density at radius 1 is 0.717 bits per heavy atom. The van der Waals surface area contributed by atoms with E-state index in [1.807, 2.05) is 12.1 Å². The van der Waals surface area contributed by atoms with Crippen molar-refractivity contribution in [2.75, 3.05) is 6.61 Å². The molecule has 2 unspecified atom stereocenters. The van der Waals surface area contributed by atoms with Crippen LogP contribution in [0.3, 0.4) is 0 Å². The summed E-state index contributed by atoms with van der Waals surface area (Å²) in [5, 5.41) is 0. The van der Waals surface area contributed by atoms with Crippen LogP contribution in [0, 0.1) is 24.0 Å². The Hall–Kier alpha value is -5.69. The lowest BCUT2D eigenvalue weighted by Crippen LogP contribution is -2.29. The second kappa shape index (κ2) is 11.0. The van der Waals surface area contributed by atoms with Crippen LogP contribution in [0.4, 0.5) is 0 Å². The fourth-order valence-electron chi connectivity index (χ4n) is 7.46. The molecular weight excluding hydrogens is 560 g/mol. The number of benzene rings is 4. The zero-order valence-corrected chi connectivity index (χ0v) is 25.2. The molecule has 2 atom stereocenters. The van der Waals surface area contributed by atoms with Gasteiger partial charge in [-0.2, -0.15) is 0 Å². The predicted molar refractivity (Wildman–Crippen MR) is 186 cm³/mol. The Morgan fingerprint density at radius 3 is 2.15 bits per heavy atom. The van der Waals surface area contributed by atoms with Crippen molar-refractivity contribution in [3.05, 3.63) is 175 Å². The summed E-state index contributed by atoms with van der Waals surface area (Å²) in [7, 11) is 0. The Balaban J connectivity index is 1.37. The van der Waals surface area contributed by atoms with E-state index in [0.29, 0.717) is 13.3 Å². The number of rotatable bonds is 4. The maximum Gasteiger partial charge on any atom is 0.139 e. The van der Waals surface area contributed by atoms with Gasteiger partial charge in [-0.25, -0.2) is 4.98 Å². The summed E-state index contributed by atoms with van der Waals surface area (Å²) in [6, 6.07) is 46.9.